The van der Waals surface area contributed by atoms with Gasteiger partial charge >= 0.3 is 0 Å². The maximum absolute atomic E-state index is 12.6. The summed E-state index contributed by atoms with van der Waals surface area (Å²) < 4.78 is 11.0. The third-order valence-electron chi connectivity index (χ3n) is 5.15. The number of amides is 2. The SMILES string of the molecule is CCN(CC(=O)Nc1ccc2c(c1)OCCO2)C(=O)CCC(=O)c1cc(C)ccc1C. The number of rotatable bonds is 8. The lowest BCUT2D eigenvalue weighted by Crippen LogP contribution is -2.38. The molecule has 2 aromatic carbocycles. The van der Waals surface area contributed by atoms with Crippen LogP contribution < -0.4 is 14.8 Å². The molecule has 3 rings (SSSR count). The number of likely N-dealkylation sites (N-methyl/N-ethyl adjacent to an activating group) is 1. The summed E-state index contributed by atoms with van der Waals surface area (Å²) in [5, 5.41) is 2.78. The number of Topliss-reactive ketones (excluding diaryl/α,β-unsaturated/α-hetero) is 1. The van der Waals surface area contributed by atoms with Crippen LogP contribution in [0.2, 0.25) is 0 Å². The lowest BCUT2D eigenvalue weighted by atomic mass is 9.99. The zero-order valence-electron chi connectivity index (χ0n) is 18.2. The van der Waals surface area contributed by atoms with Crippen LogP contribution in [0.25, 0.3) is 0 Å². The molecule has 2 amide bonds. The normalized spacial score (nSPS) is 12.2. The zero-order chi connectivity index (χ0) is 22.4. The summed E-state index contributed by atoms with van der Waals surface area (Å²) in [5.41, 5.74) is 3.12. The lowest BCUT2D eigenvalue weighted by Gasteiger charge is -2.21. The van der Waals surface area contributed by atoms with Gasteiger partial charge in [-0.15, -0.1) is 0 Å². The van der Waals surface area contributed by atoms with Crippen molar-refractivity contribution >= 4 is 23.3 Å². The summed E-state index contributed by atoms with van der Waals surface area (Å²) >= 11 is 0. The van der Waals surface area contributed by atoms with Crippen molar-refractivity contribution in [2.45, 2.75) is 33.6 Å². The Morgan fingerprint density at radius 3 is 2.45 bits per heavy atom. The van der Waals surface area contributed by atoms with Gasteiger partial charge in [-0.2, -0.15) is 0 Å². The van der Waals surface area contributed by atoms with Crippen molar-refractivity contribution < 1.29 is 23.9 Å². The number of anilines is 1. The predicted octanol–water partition coefficient (Wildman–Crippen LogP) is 3.52. The Balaban J connectivity index is 1.53. The fraction of sp³-hybridized carbons (Fsp3) is 0.375. The number of nitrogens with one attached hydrogen (secondary N) is 1. The first-order chi connectivity index (χ1) is 14.9. The van der Waals surface area contributed by atoms with E-state index < -0.39 is 0 Å². The van der Waals surface area contributed by atoms with Crippen LogP contribution in [-0.4, -0.2) is 48.8 Å². The molecule has 1 heterocycles. The Labute approximate surface area is 182 Å². The van der Waals surface area contributed by atoms with Crippen molar-refractivity contribution in [2.24, 2.45) is 0 Å². The Morgan fingerprint density at radius 1 is 0.968 bits per heavy atom. The van der Waals surface area contributed by atoms with Crippen molar-refractivity contribution in [3.63, 3.8) is 0 Å². The van der Waals surface area contributed by atoms with Gasteiger partial charge in [-0.25, -0.2) is 0 Å². The van der Waals surface area contributed by atoms with E-state index in [0.29, 0.717) is 42.5 Å². The van der Waals surface area contributed by atoms with Crippen LogP contribution in [0.3, 0.4) is 0 Å². The number of hydrogen-bond donors (Lipinski definition) is 1. The molecule has 0 aliphatic carbocycles. The number of aryl methyl sites for hydroxylation is 2. The van der Waals surface area contributed by atoms with Crippen molar-refractivity contribution in [3.05, 3.63) is 53.1 Å². The molecule has 7 heteroatoms. The van der Waals surface area contributed by atoms with E-state index in [9.17, 15) is 14.4 Å². The van der Waals surface area contributed by atoms with Crippen LogP contribution in [0.5, 0.6) is 11.5 Å². The number of ether oxygens (including phenoxy) is 2. The molecule has 0 aromatic heterocycles. The minimum atomic E-state index is -0.312. The third kappa shape index (κ3) is 5.84. The average molecular weight is 424 g/mol. The number of carbonyl (C=O) groups is 3. The van der Waals surface area contributed by atoms with Gasteiger partial charge in [0.05, 0.1) is 6.54 Å². The molecule has 31 heavy (non-hydrogen) atoms. The van der Waals surface area contributed by atoms with Crippen LogP contribution in [-0.2, 0) is 9.59 Å². The van der Waals surface area contributed by atoms with Crippen LogP contribution in [0.4, 0.5) is 5.69 Å². The maximum atomic E-state index is 12.6. The maximum Gasteiger partial charge on any atom is 0.243 e. The van der Waals surface area contributed by atoms with Crippen LogP contribution >= 0.6 is 0 Å². The molecular formula is C24H28N2O5. The number of nitrogens with zero attached hydrogens (tertiary/aromatic N) is 1. The highest BCUT2D eigenvalue weighted by atomic mass is 16.6. The lowest BCUT2D eigenvalue weighted by molar-refractivity contribution is -0.134. The third-order valence-corrected chi connectivity index (χ3v) is 5.15. The first kappa shape index (κ1) is 22.3. The summed E-state index contributed by atoms with van der Waals surface area (Å²) in [6, 6.07) is 10.9. The number of ketones is 1. The van der Waals surface area contributed by atoms with Crippen molar-refractivity contribution in [3.8, 4) is 11.5 Å². The Kier molecular flexibility index (Phi) is 7.28. The smallest absolute Gasteiger partial charge is 0.243 e. The highest BCUT2D eigenvalue weighted by Crippen LogP contribution is 2.32. The average Bonchev–Trinajstić information content (AvgIpc) is 2.77. The van der Waals surface area contributed by atoms with Gasteiger partial charge in [-0.1, -0.05) is 17.7 Å². The molecule has 164 valence electrons. The topological polar surface area (TPSA) is 84.9 Å². The van der Waals surface area contributed by atoms with E-state index in [-0.39, 0.29) is 37.0 Å². The van der Waals surface area contributed by atoms with E-state index in [0.717, 1.165) is 11.1 Å². The second kappa shape index (κ2) is 10.1. The van der Waals surface area contributed by atoms with Crippen LogP contribution in [0.1, 0.15) is 41.3 Å². The quantitative estimate of drug-likeness (QED) is 0.656. The summed E-state index contributed by atoms with van der Waals surface area (Å²) in [4.78, 5) is 39.0. The molecule has 0 fully saturated rings. The summed E-state index contributed by atoms with van der Waals surface area (Å²) in [7, 11) is 0. The fourth-order valence-electron chi connectivity index (χ4n) is 3.42. The molecule has 0 saturated heterocycles. The molecule has 0 atom stereocenters. The molecule has 1 aliphatic heterocycles. The van der Waals surface area contributed by atoms with Gasteiger partial charge in [0, 0.05) is 36.7 Å². The Morgan fingerprint density at radius 2 is 1.71 bits per heavy atom. The molecule has 0 unspecified atom stereocenters. The summed E-state index contributed by atoms with van der Waals surface area (Å²) in [5.74, 6) is 0.623. The van der Waals surface area contributed by atoms with E-state index >= 15 is 0 Å². The van der Waals surface area contributed by atoms with Crippen molar-refractivity contribution in [1.29, 1.82) is 0 Å². The Hall–Kier alpha value is -3.35. The standard InChI is InChI=1S/C24H28N2O5/c1-4-26(24(29)10-8-20(27)19-13-16(2)5-6-17(19)3)15-23(28)25-18-7-9-21-22(14-18)31-12-11-30-21/h5-7,9,13-14H,4,8,10-12,15H2,1-3H3,(H,25,28). The van der Waals surface area contributed by atoms with E-state index in [1.165, 1.54) is 4.90 Å². The van der Waals surface area contributed by atoms with E-state index in [1.807, 2.05) is 39.0 Å². The molecule has 2 aromatic rings. The number of carbonyl (C=O) groups excluding carboxylic acids is 3. The van der Waals surface area contributed by atoms with Crippen molar-refractivity contribution in [1.82, 2.24) is 4.90 Å². The fourth-order valence-corrected chi connectivity index (χ4v) is 3.42. The van der Waals surface area contributed by atoms with Gasteiger partial charge < -0.3 is 19.7 Å². The predicted molar refractivity (Wildman–Crippen MR) is 118 cm³/mol. The summed E-state index contributed by atoms with van der Waals surface area (Å²) in [6.07, 6.45) is 0.181. The minimum Gasteiger partial charge on any atom is -0.486 e. The molecule has 0 radical (unpaired) electrons. The number of hydrogen-bond acceptors (Lipinski definition) is 5. The van der Waals surface area contributed by atoms with Gasteiger partial charge in [0.15, 0.2) is 17.3 Å². The molecule has 0 bridgehead atoms. The second-order valence-corrected chi connectivity index (χ2v) is 7.56. The zero-order valence-corrected chi connectivity index (χ0v) is 18.2. The monoisotopic (exact) mass is 424 g/mol. The highest BCUT2D eigenvalue weighted by molar-refractivity contribution is 6.00. The van der Waals surface area contributed by atoms with E-state index in [1.54, 1.807) is 18.2 Å². The van der Waals surface area contributed by atoms with Gasteiger partial charge in [0.1, 0.15) is 13.2 Å². The van der Waals surface area contributed by atoms with Crippen LogP contribution in [0, 0.1) is 13.8 Å². The molecule has 7 nitrogen and oxygen atoms in total. The van der Waals surface area contributed by atoms with Gasteiger partial charge in [-0.05, 0) is 44.5 Å². The first-order valence-electron chi connectivity index (χ1n) is 10.4. The molecule has 0 saturated carbocycles. The molecule has 1 aliphatic rings. The summed E-state index contributed by atoms with van der Waals surface area (Å²) in [6.45, 7) is 6.88. The largest absolute Gasteiger partial charge is 0.486 e. The van der Waals surface area contributed by atoms with Gasteiger partial charge in [0.2, 0.25) is 11.8 Å². The number of fused-ring (bicyclic) bond motifs is 1. The molecule has 1 N–H and O–H groups in total. The second-order valence-electron chi connectivity index (χ2n) is 7.56. The molecular weight excluding hydrogens is 396 g/mol. The van der Waals surface area contributed by atoms with E-state index in [4.69, 9.17) is 9.47 Å². The van der Waals surface area contributed by atoms with Crippen molar-refractivity contribution in [2.75, 3.05) is 31.6 Å². The van der Waals surface area contributed by atoms with Gasteiger partial charge in [0.25, 0.3) is 0 Å². The first-order valence-corrected chi connectivity index (χ1v) is 10.4. The molecule has 0 spiro atoms. The highest BCUT2D eigenvalue weighted by Gasteiger charge is 2.19. The number of benzene rings is 2. The Bertz CT molecular complexity index is 986. The van der Waals surface area contributed by atoms with Crippen LogP contribution in [0.15, 0.2) is 36.4 Å². The van der Waals surface area contributed by atoms with E-state index in [2.05, 4.69) is 5.32 Å². The van der Waals surface area contributed by atoms with Gasteiger partial charge in [-0.3, -0.25) is 14.4 Å². The minimum absolute atomic E-state index is 0.0636.